The molecule has 0 spiro atoms. The van der Waals surface area contributed by atoms with Crippen LogP contribution in [0.2, 0.25) is 0 Å². The first-order valence-electron chi connectivity index (χ1n) is 10.5. The van der Waals surface area contributed by atoms with E-state index in [1.54, 1.807) is 4.90 Å². The number of fused-ring (bicyclic) bond motifs is 1. The van der Waals surface area contributed by atoms with Crippen molar-refractivity contribution in [2.75, 3.05) is 26.5 Å². The van der Waals surface area contributed by atoms with Gasteiger partial charge in [0.2, 0.25) is 6.79 Å². The Morgan fingerprint density at radius 1 is 1.13 bits per heavy atom. The van der Waals surface area contributed by atoms with Crippen LogP contribution >= 0.6 is 0 Å². The third kappa shape index (κ3) is 5.21. The maximum Gasteiger partial charge on any atom is 0.410 e. The van der Waals surface area contributed by atoms with E-state index in [2.05, 4.69) is 0 Å². The van der Waals surface area contributed by atoms with Gasteiger partial charge >= 0.3 is 6.09 Å². The molecule has 4 rings (SSSR count). The van der Waals surface area contributed by atoms with Gasteiger partial charge in [0.25, 0.3) is 0 Å². The summed E-state index contributed by atoms with van der Waals surface area (Å²) >= 11 is 0. The number of nitrogens with zero attached hydrogens (tertiary/aromatic N) is 1. The minimum atomic E-state index is -0.552. The molecule has 7 heteroatoms. The number of benzene rings is 2. The Labute approximate surface area is 181 Å². The third-order valence-electron chi connectivity index (χ3n) is 5.49. The number of likely N-dealkylation sites (tertiary alicyclic amines) is 1. The molecular weight excluding hydrogens is 401 g/mol. The average molecular weight is 429 g/mol. The zero-order chi connectivity index (χ0) is 22.0. The van der Waals surface area contributed by atoms with E-state index >= 15 is 0 Å². The van der Waals surface area contributed by atoms with Gasteiger partial charge in [-0.3, -0.25) is 0 Å². The average Bonchev–Trinajstić information content (AvgIpc) is 3.19. The fraction of sp³-hybridized carbons (Fsp3) is 0.458. The van der Waals surface area contributed by atoms with Crippen molar-refractivity contribution in [3.63, 3.8) is 0 Å². The van der Waals surface area contributed by atoms with E-state index in [1.165, 1.54) is 12.1 Å². The lowest BCUT2D eigenvalue weighted by molar-refractivity contribution is 0.0111. The topological polar surface area (TPSA) is 57.2 Å². The van der Waals surface area contributed by atoms with Crippen molar-refractivity contribution >= 4 is 6.09 Å². The van der Waals surface area contributed by atoms with E-state index in [1.807, 2.05) is 51.1 Å². The molecule has 1 saturated heterocycles. The molecule has 0 unspecified atom stereocenters. The molecule has 6 nitrogen and oxygen atoms in total. The number of hydrogen-bond donors (Lipinski definition) is 0. The molecule has 2 aliphatic rings. The monoisotopic (exact) mass is 429 g/mol. The fourth-order valence-corrected chi connectivity index (χ4v) is 4.01. The summed E-state index contributed by atoms with van der Waals surface area (Å²) in [6.45, 7) is 7.27. The standard InChI is InChI=1S/C24H28FNO5/c1-24(2,3)31-23(27)26-11-10-20(16-4-6-18(25)7-5-16)17(13-26)14-28-19-8-9-21-22(12-19)30-15-29-21/h4-9,12,17,20H,10-11,13-15H2,1-3H3/t17-,20+/m1/s1. The van der Waals surface area contributed by atoms with Crippen molar-refractivity contribution in [2.24, 2.45) is 5.92 Å². The summed E-state index contributed by atoms with van der Waals surface area (Å²) in [6, 6.07) is 12.1. The van der Waals surface area contributed by atoms with E-state index in [4.69, 9.17) is 18.9 Å². The summed E-state index contributed by atoms with van der Waals surface area (Å²) in [5.41, 5.74) is 0.494. The van der Waals surface area contributed by atoms with Crippen molar-refractivity contribution in [1.29, 1.82) is 0 Å². The first-order chi connectivity index (χ1) is 14.8. The molecule has 2 heterocycles. The highest BCUT2D eigenvalue weighted by atomic mass is 19.1. The molecule has 31 heavy (non-hydrogen) atoms. The molecule has 0 aromatic heterocycles. The summed E-state index contributed by atoms with van der Waals surface area (Å²) in [6.07, 6.45) is 0.429. The van der Waals surface area contributed by atoms with E-state index in [0.717, 1.165) is 12.0 Å². The summed E-state index contributed by atoms with van der Waals surface area (Å²) in [4.78, 5) is 14.4. The number of piperidine rings is 1. The highest BCUT2D eigenvalue weighted by molar-refractivity contribution is 5.68. The lowest BCUT2D eigenvalue weighted by atomic mass is 9.81. The summed E-state index contributed by atoms with van der Waals surface area (Å²) in [7, 11) is 0. The maximum absolute atomic E-state index is 13.4. The molecule has 0 aliphatic carbocycles. The van der Waals surface area contributed by atoms with Crippen molar-refractivity contribution < 1.29 is 28.1 Å². The van der Waals surface area contributed by atoms with Crippen LogP contribution in [0.4, 0.5) is 9.18 Å². The largest absolute Gasteiger partial charge is 0.493 e. The van der Waals surface area contributed by atoms with Crippen molar-refractivity contribution in [3.8, 4) is 17.2 Å². The number of rotatable bonds is 4. The quantitative estimate of drug-likeness (QED) is 0.687. The predicted octanol–water partition coefficient (Wildman–Crippen LogP) is 4.97. The van der Waals surface area contributed by atoms with Crippen molar-refractivity contribution in [2.45, 2.75) is 38.7 Å². The second-order valence-corrected chi connectivity index (χ2v) is 8.96. The highest BCUT2D eigenvalue weighted by Gasteiger charge is 2.35. The summed E-state index contributed by atoms with van der Waals surface area (Å²) in [5.74, 6) is 1.95. The van der Waals surface area contributed by atoms with Crippen LogP contribution in [0, 0.1) is 11.7 Å². The number of carbonyl (C=O) groups excluding carboxylic acids is 1. The SMILES string of the molecule is CC(C)(C)OC(=O)N1CC[C@@H](c2ccc(F)cc2)[C@@H](COc2ccc3c(c2)OCO3)C1. The minimum Gasteiger partial charge on any atom is -0.493 e. The van der Waals surface area contributed by atoms with E-state index in [0.29, 0.717) is 36.9 Å². The Hall–Kier alpha value is -2.96. The molecule has 0 radical (unpaired) electrons. The molecule has 0 N–H and O–H groups in total. The van der Waals surface area contributed by atoms with Gasteiger partial charge in [-0.05, 0) is 62.9 Å². The molecule has 1 amide bonds. The van der Waals surface area contributed by atoms with Crippen LogP contribution in [0.25, 0.3) is 0 Å². The molecule has 0 saturated carbocycles. The number of halogens is 1. The Bertz CT molecular complexity index is 925. The van der Waals surface area contributed by atoms with Gasteiger partial charge in [-0.2, -0.15) is 0 Å². The first kappa shape index (κ1) is 21.3. The predicted molar refractivity (Wildman–Crippen MR) is 113 cm³/mol. The Morgan fingerprint density at radius 2 is 1.87 bits per heavy atom. The van der Waals surface area contributed by atoms with Gasteiger partial charge in [-0.15, -0.1) is 0 Å². The molecular formula is C24H28FNO5. The van der Waals surface area contributed by atoms with Crippen LogP contribution in [0.3, 0.4) is 0 Å². The van der Waals surface area contributed by atoms with Gasteiger partial charge in [0, 0.05) is 25.1 Å². The number of carbonyl (C=O) groups is 1. The molecule has 0 bridgehead atoms. The molecule has 1 fully saturated rings. The summed E-state index contributed by atoms with van der Waals surface area (Å²) in [5, 5.41) is 0. The maximum atomic E-state index is 13.4. The van der Waals surface area contributed by atoms with E-state index < -0.39 is 5.60 Å². The van der Waals surface area contributed by atoms with Crippen LogP contribution in [0.1, 0.15) is 38.7 Å². The molecule has 2 atom stereocenters. The number of hydrogen-bond acceptors (Lipinski definition) is 5. The van der Waals surface area contributed by atoms with Crippen LogP contribution < -0.4 is 14.2 Å². The third-order valence-corrected chi connectivity index (χ3v) is 5.49. The van der Waals surface area contributed by atoms with Crippen LogP contribution in [0.15, 0.2) is 42.5 Å². The van der Waals surface area contributed by atoms with Gasteiger partial charge in [0.1, 0.15) is 17.2 Å². The normalized spacial score (nSPS) is 20.5. The second kappa shape index (κ2) is 8.65. The lowest BCUT2D eigenvalue weighted by Gasteiger charge is -2.39. The molecule has 2 aromatic carbocycles. The van der Waals surface area contributed by atoms with Crippen LogP contribution in [-0.2, 0) is 4.74 Å². The van der Waals surface area contributed by atoms with Gasteiger partial charge in [0.05, 0.1) is 6.61 Å². The zero-order valence-corrected chi connectivity index (χ0v) is 18.1. The molecule has 2 aliphatic heterocycles. The Balaban J connectivity index is 1.49. The smallest absolute Gasteiger partial charge is 0.410 e. The van der Waals surface area contributed by atoms with Gasteiger partial charge in [-0.25, -0.2) is 9.18 Å². The highest BCUT2D eigenvalue weighted by Crippen LogP contribution is 2.37. The van der Waals surface area contributed by atoms with Crippen LogP contribution in [-0.4, -0.2) is 43.1 Å². The lowest BCUT2D eigenvalue weighted by Crippen LogP contribution is -2.46. The first-order valence-corrected chi connectivity index (χ1v) is 10.5. The number of ether oxygens (including phenoxy) is 4. The molecule has 166 valence electrons. The Kier molecular flexibility index (Phi) is 5.94. The zero-order valence-electron chi connectivity index (χ0n) is 18.1. The van der Waals surface area contributed by atoms with E-state index in [-0.39, 0.29) is 30.5 Å². The summed E-state index contributed by atoms with van der Waals surface area (Å²) < 4.78 is 35.9. The number of amides is 1. The van der Waals surface area contributed by atoms with Gasteiger partial charge in [0.15, 0.2) is 11.5 Å². The fourth-order valence-electron chi connectivity index (χ4n) is 4.01. The van der Waals surface area contributed by atoms with Gasteiger partial charge < -0.3 is 23.8 Å². The van der Waals surface area contributed by atoms with Crippen molar-refractivity contribution in [3.05, 3.63) is 53.8 Å². The molecule has 2 aromatic rings. The minimum absolute atomic E-state index is 0.0251. The van der Waals surface area contributed by atoms with E-state index in [9.17, 15) is 9.18 Å². The van der Waals surface area contributed by atoms with Crippen LogP contribution in [0.5, 0.6) is 17.2 Å². The Morgan fingerprint density at radius 3 is 2.61 bits per heavy atom. The van der Waals surface area contributed by atoms with Crippen molar-refractivity contribution in [1.82, 2.24) is 4.90 Å². The van der Waals surface area contributed by atoms with Gasteiger partial charge in [-0.1, -0.05) is 12.1 Å². The second-order valence-electron chi connectivity index (χ2n) is 8.96.